The van der Waals surface area contributed by atoms with Gasteiger partial charge < -0.3 is 24.7 Å². The van der Waals surface area contributed by atoms with Gasteiger partial charge in [0.1, 0.15) is 0 Å². The number of ether oxygens (including phenoxy) is 2. The molecular formula is C20H18ClN5O4S. The minimum Gasteiger partial charge on any atom is -0.454 e. The summed E-state index contributed by atoms with van der Waals surface area (Å²) in [5.74, 6) is 1.55. The van der Waals surface area contributed by atoms with Crippen molar-refractivity contribution in [3.05, 3.63) is 58.9 Å². The Balaban J connectivity index is 1.28. The lowest BCUT2D eigenvalue weighted by Crippen LogP contribution is -2.24. The quantitative estimate of drug-likeness (QED) is 0.523. The Hall–Kier alpha value is -3.24. The Morgan fingerprint density at radius 3 is 2.71 bits per heavy atom. The zero-order valence-corrected chi connectivity index (χ0v) is 18.0. The molecule has 2 amide bonds. The van der Waals surface area contributed by atoms with E-state index in [1.54, 1.807) is 54.1 Å². The number of benzene rings is 2. The molecule has 0 saturated heterocycles. The number of fused-ring (bicyclic) bond motifs is 1. The minimum atomic E-state index is -0.239. The Bertz CT molecular complexity index is 1120. The van der Waals surface area contributed by atoms with Crippen molar-refractivity contribution < 1.29 is 19.1 Å². The number of amides is 2. The fourth-order valence-corrected chi connectivity index (χ4v) is 3.64. The van der Waals surface area contributed by atoms with E-state index >= 15 is 0 Å². The summed E-state index contributed by atoms with van der Waals surface area (Å²) in [6.45, 7) is 0.381. The summed E-state index contributed by atoms with van der Waals surface area (Å²) in [6.07, 6.45) is 0. The van der Waals surface area contributed by atoms with Crippen LogP contribution in [0.3, 0.4) is 0 Å². The highest BCUT2D eigenvalue weighted by Gasteiger charge is 2.16. The molecule has 31 heavy (non-hydrogen) atoms. The number of anilines is 1. The standard InChI is InChI=1S/C20H18ClN5O4S/c1-26-17(9-22-19(28)12-2-4-13(21)5-3-12)24-25-20(26)31-10-18(27)23-14-6-7-15-16(8-14)30-11-29-15/h2-8H,9-11H2,1H3,(H,22,28)(H,23,27). The normalized spacial score (nSPS) is 11.9. The van der Waals surface area contributed by atoms with E-state index in [1.165, 1.54) is 11.8 Å². The Kier molecular flexibility index (Phi) is 6.28. The van der Waals surface area contributed by atoms with Gasteiger partial charge in [-0.05, 0) is 36.4 Å². The molecule has 9 nitrogen and oxygen atoms in total. The van der Waals surface area contributed by atoms with Crippen LogP contribution in [0, 0.1) is 0 Å². The van der Waals surface area contributed by atoms with Crippen LogP contribution in [0.1, 0.15) is 16.2 Å². The molecule has 0 saturated carbocycles. The number of thioether (sulfide) groups is 1. The zero-order chi connectivity index (χ0) is 21.8. The van der Waals surface area contributed by atoms with Crippen molar-refractivity contribution in [1.82, 2.24) is 20.1 Å². The van der Waals surface area contributed by atoms with Gasteiger partial charge in [0, 0.05) is 29.4 Å². The molecule has 160 valence electrons. The van der Waals surface area contributed by atoms with Crippen molar-refractivity contribution in [2.45, 2.75) is 11.7 Å². The number of hydrogen-bond donors (Lipinski definition) is 2. The van der Waals surface area contributed by atoms with Crippen molar-refractivity contribution in [2.24, 2.45) is 7.05 Å². The van der Waals surface area contributed by atoms with Crippen LogP contribution < -0.4 is 20.1 Å². The molecule has 4 rings (SSSR count). The van der Waals surface area contributed by atoms with Crippen LogP contribution in [0.25, 0.3) is 0 Å². The summed E-state index contributed by atoms with van der Waals surface area (Å²) in [6, 6.07) is 11.8. The van der Waals surface area contributed by atoms with Crippen LogP contribution in [-0.4, -0.2) is 39.1 Å². The lowest BCUT2D eigenvalue weighted by molar-refractivity contribution is -0.113. The first kappa shape index (κ1) is 21.0. The monoisotopic (exact) mass is 459 g/mol. The first-order valence-corrected chi connectivity index (χ1v) is 10.6. The van der Waals surface area contributed by atoms with Gasteiger partial charge in [0.2, 0.25) is 12.7 Å². The largest absolute Gasteiger partial charge is 0.454 e. The molecule has 1 aliphatic heterocycles. The van der Waals surface area contributed by atoms with Gasteiger partial charge in [0.25, 0.3) is 5.91 Å². The van der Waals surface area contributed by atoms with E-state index in [1.807, 2.05) is 0 Å². The van der Waals surface area contributed by atoms with Crippen LogP contribution in [0.15, 0.2) is 47.6 Å². The van der Waals surface area contributed by atoms with Crippen LogP contribution >= 0.6 is 23.4 Å². The van der Waals surface area contributed by atoms with Crippen molar-refractivity contribution in [1.29, 1.82) is 0 Å². The Morgan fingerprint density at radius 1 is 1.13 bits per heavy atom. The molecule has 1 aromatic heterocycles. The number of halogens is 1. The molecular weight excluding hydrogens is 442 g/mol. The van der Waals surface area contributed by atoms with Crippen LogP contribution in [0.2, 0.25) is 5.02 Å². The number of aromatic nitrogens is 3. The lowest BCUT2D eigenvalue weighted by Gasteiger charge is -2.07. The molecule has 11 heteroatoms. The van der Waals surface area contributed by atoms with Crippen molar-refractivity contribution in [3.8, 4) is 11.5 Å². The van der Waals surface area contributed by atoms with Gasteiger partial charge in [-0.25, -0.2) is 0 Å². The summed E-state index contributed by atoms with van der Waals surface area (Å²) in [5.41, 5.74) is 1.12. The maximum Gasteiger partial charge on any atom is 0.251 e. The lowest BCUT2D eigenvalue weighted by atomic mass is 10.2. The number of nitrogens with zero attached hydrogens (tertiary/aromatic N) is 3. The number of carbonyl (C=O) groups is 2. The van der Waals surface area contributed by atoms with Gasteiger partial charge in [-0.15, -0.1) is 10.2 Å². The fourth-order valence-electron chi connectivity index (χ4n) is 2.79. The Morgan fingerprint density at radius 2 is 1.90 bits per heavy atom. The third-order valence-corrected chi connectivity index (χ3v) is 5.70. The Labute approximate surface area is 187 Å². The van der Waals surface area contributed by atoms with Gasteiger partial charge in [-0.3, -0.25) is 9.59 Å². The topological polar surface area (TPSA) is 107 Å². The molecule has 3 aromatic rings. The predicted molar refractivity (Wildman–Crippen MR) is 116 cm³/mol. The molecule has 0 radical (unpaired) electrons. The average molecular weight is 460 g/mol. The molecule has 0 atom stereocenters. The van der Waals surface area contributed by atoms with E-state index in [4.69, 9.17) is 21.1 Å². The van der Waals surface area contributed by atoms with E-state index in [-0.39, 0.29) is 30.9 Å². The van der Waals surface area contributed by atoms with Gasteiger partial charge in [-0.1, -0.05) is 23.4 Å². The van der Waals surface area contributed by atoms with Gasteiger partial charge in [0.05, 0.1) is 12.3 Å². The summed E-state index contributed by atoms with van der Waals surface area (Å²) < 4.78 is 12.3. The number of hydrogen-bond acceptors (Lipinski definition) is 7. The van der Waals surface area contributed by atoms with E-state index < -0.39 is 0 Å². The number of carbonyl (C=O) groups excluding carboxylic acids is 2. The van der Waals surface area contributed by atoms with Gasteiger partial charge >= 0.3 is 0 Å². The fraction of sp³-hybridized carbons (Fsp3) is 0.200. The van der Waals surface area contributed by atoms with Gasteiger partial charge in [-0.2, -0.15) is 0 Å². The maximum absolute atomic E-state index is 12.3. The summed E-state index contributed by atoms with van der Waals surface area (Å²) in [5, 5.41) is 14.9. The predicted octanol–water partition coefficient (Wildman–Crippen LogP) is 2.86. The van der Waals surface area contributed by atoms with Crippen molar-refractivity contribution >= 4 is 40.9 Å². The summed E-state index contributed by atoms with van der Waals surface area (Å²) in [7, 11) is 1.78. The molecule has 2 heterocycles. The summed E-state index contributed by atoms with van der Waals surface area (Å²) >= 11 is 7.08. The number of rotatable bonds is 7. The molecule has 0 fully saturated rings. The highest BCUT2D eigenvalue weighted by atomic mass is 35.5. The highest BCUT2D eigenvalue weighted by molar-refractivity contribution is 7.99. The average Bonchev–Trinajstić information content (AvgIpc) is 3.37. The third-order valence-electron chi connectivity index (χ3n) is 4.43. The molecule has 0 unspecified atom stereocenters. The first-order valence-electron chi connectivity index (χ1n) is 9.24. The highest BCUT2D eigenvalue weighted by Crippen LogP contribution is 2.34. The second-order valence-corrected chi connectivity index (χ2v) is 7.93. The van der Waals surface area contributed by atoms with Gasteiger partial charge in [0.15, 0.2) is 22.5 Å². The summed E-state index contributed by atoms with van der Waals surface area (Å²) in [4.78, 5) is 24.5. The van der Waals surface area contributed by atoms with Crippen LogP contribution in [-0.2, 0) is 18.4 Å². The smallest absolute Gasteiger partial charge is 0.251 e. The van der Waals surface area contributed by atoms with Crippen molar-refractivity contribution in [3.63, 3.8) is 0 Å². The van der Waals surface area contributed by atoms with E-state index in [9.17, 15) is 9.59 Å². The van der Waals surface area contributed by atoms with Crippen molar-refractivity contribution in [2.75, 3.05) is 17.9 Å². The molecule has 2 aromatic carbocycles. The second kappa shape index (κ2) is 9.27. The number of nitrogens with one attached hydrogen (secondary N) is 2. The molecule has 0 aliphatic carbocycles. The molecule has 2 N–H and O–H groups in total. The SMILES string of the molecule is Cn1c(CNC(=O)c2ccc(Cl)cc2)nnc1SCC(=O)Nc1ccc2c(c1)OCO2. The van der Waals surface area contributed by atoms with E-state index in [0.717, 1.165) is 0 Å². The maximum atomic E-state index is 12.3. The first-order chi connectivity index (χ1) is 15.0. The second-order valence-electron chi connectivity index (χ2n) is 6.55. The molecule has 1 aliphatic rings. The van der Waals surface area contributed by atoms with Crippen LogP contribution in [0.4, 0.5) is 5.69 Å². The zero-order valence-electron chi connectivity index (χ0n) is 16.4. The third kappa shape index (κ3) is 5.09. The van der Waals surface area contributed by atoms with E-state index in [2.05, 4.69) is 20.8 Å². The molecule has 0 spiro atoms. The van der Waals surface area contributed by atoms with E-state index in [0.29, 0.717) is 38.8 Å². The molecule has 0 bridgehead atoms. The minimum absolute atomic E-state index is 0.150. The van der Waals surface area contributed by atoms with Crippen LogP contribution in [0.5, 0.6) is 11.5 Å².